The SMILES string of the molecule is CC(=O)N/N=C(\C)C(F)(F)F. The van der Waals surface area contributed by atoms with E-state index in [9.17, 15) is 18.0 Å². The minimum atomic E-state index is -4.47. The maximum atomic E-state index is 11.6. The number of halogens is 3. The molecule has 3 nitrogen and oxygen atoms in total. The number of nitrogens with one attached hydrogen (secondary N) is 1. The molecule has 0 aromatic carbocycles. The molecule has 0 aliphatic carbocycles. The standard InChI is InChI=1S/C5H7F3N2O/c1-3(5(6,7)8)9-10-4(2)11/h1-2H3,(H,10,11)/b9-3+. The van der Waals surface area contributed by atoms with Gasteiger partial charge >= 0.3 is 6.18 Å². The molecular formula is C5H7F3N2O. The van der Waals surface area contributed by atoms with E-state index >= 15 is 0 Å². The molecule has 0 rings (SSSR count). The van der Waals surface area contributed by atoms with E-state index in [0.29, 0.717) is 0 Å². The van der Waals surface area contributed by atoms with Gasteiger partial charge < -0.3 is 0 Å². The molecule has 0 saturated heterocycles. The van der Waals surface area contributed by atoms with Crippen LogP contribution in [0.15, 0.2) is 5.10 Å². The Kier molecular flexibility index (Phi) is 3.03. The maximum absolute atomic E-state index is 11.6. The highest BCUT2D eigenvalue weighted by molar-refractivity contribution is 5.88. The van der Waals surface area contributed by atoms with E-state index in [0.717, 1.165) is 13.8 Å². The second kappa shape index (κ2) is 3.36. The summed E-state index contributed by atoms with van der Waals surface area (Å²) in [5, 5.41) is 2.79. The molecule has 0 fully saturated rings. The van der Waals surface area contributed by atoms with Crippen LogP contribution in [0.3, 0.4) is 0 Å². The number of carbonyl (C=O) groups excluding carboxylic acids is 1. The molecule has 0 bridgehead atoms. The van der Waals surface area contributed by atoms with E-state index < -0.39 is 17.8 Å². The van der Waals surface area contributed by atoms with Crippen LogP contribution in [0.25, 0.3) is 0 Å². The number of alkyl halides is 3. The average Bonchev–Trinajstić information content (AvgIpc) is 1.80. The summed E-state index contributed by atoms with van der Waals surface area (Å²) in [6.45, 7) is 1.85. The molecular weight excluding hydrogens is 161 g/mol. The van der Waals surface area contributed by atoms with Crippen LogP contribution in [0.1, 0.15) is 13.8 Å². The van der Waals surface area contributed by atoms with Crippen molar-refractivity contribution in [1.82, 2.24) is 5.43 Å². The van der Waals surface area contributed by atoms with Crippen molar-refractivity contribution in [1.29, 1.82) is 0 Å². The van der Waals surface area contributed by atoms with Gasteiger partial charge in [0.15, 0.2) is 0 Å². The van der Waals surface area contributed by atoms with Crippen molar-refractivity contribution in [3.63, 3.8) is 0 Å². The van der Waals surface area contributed by atoms with Gasteiger partial charge in [-0.1, -0.05) is 0 Å². The lowest BCUT2D eigenvalue weighted by atomic mass is 10.4. The van der Waals surface area contributed by atoms with Crippen molar-refractivity contribution < 1.29 is 18.0 Å². The molecule has 64 valence electrons. The normalized spacial score (nSPS) is 13.0. The highest BCUT2D eigenvalue weighted by Crippen LogP contribution is 2.16. The molecule has 0 atom stereocenters. The third-order valence-electron chi connectivity index (χ3n) is 0.791. The number of rotatable bonds is 1. The number of nitrogens with zero attached hydrogens (tertiary/aromatic N) is 1. The Bertz CT molecular complexity index is 185. The van der Waals surface area contributed by atoms with Crippen molar-refractivity contribution in [3.05, 3.63) is 0 Å². The number of amides is 1. The fourth-order valence-electron chi connectivity index (χ4n) is 0.226. The fourth-order valence-corrected chi connectivity index (χ4v) is 0.226. The van der Waals surface area contributed by atoms with Crippen LogP contribution < -0.4 is 5.43 Å². The van der Waals surface area contributed by atoms with Crippen LogP contribution in [0.2, 0.25) is 0 Å². The topological polar surface area (TPSA) is 41.5 Å². The molecule has 0 aromatic heterocycles. The van der Waals surface area contributed by atoms with Gasteiger partial charge in [0.05, 0.1) is 0 Å². The van der Waals surface area contributed by atoms with E-state index in [2.05, 4.69) is 5.10 Å². The van der Waals surface area contributed by atoms with E-state index in [1.807, 2.05) is 0 Å². The Morgan fingerprint density at radius 1 is 1.36 bits per heavy atom. The van der Waals surface area contributed by atoms with Crippen LogP contribution >= 0.6 is 0 Å². The van der Waals surface area contributed by atoms with Gasteiger partial charge in [0.2, 0.25) is 5.91 Å². The second-order valence-corrected chi connectivity index (χ2v) is 1.86. The summed E-state index contributed by atoms with van der Waals surface area (Å²) in [6, 6.07) is 0. The molecule has 0 unspecified atom stereocenters. The number of hydrogen-bond donors (Lipinski definition) is 1. The predicted molar refractivity (Wildman–Crippen MR) is 33.0 cm³/mol. The van der Waals surface area contributed by atoms with E-state index in [4.69, 9.17) is 0 Å². The van der Waals surface area contributed by atoms with Gasteiger partial charge in [0.25, 0.3) is 0 Å². The molecule has 0 aliphatic heterocycles. The zero-order valence-corrected chi connectivity index (χ0v) is 5.99. The monoisotopic (exact) mass is 168 g/mol. The summed E-state index contributed by atoms with van der Waals surface area (Å²) in [7, 11) is 0. The summed E-state index contributed by atoms with van der Waals surface area (Å²) >= 11 is 0. The van der Waals surface area contributed by atoms with Crippen molar-refractivity contribution >= 4 is 11.6 Å². The third kappa shape index (κ3) is 4.35. The van der Waals surface area contributed by atoms with Gasteiger partial charge in [-0.05, 0) is 6.92 Å². The van der Waals surface area contributed by atoms with Gasteiger partial charge in [-0.25, -0.2) is 5.43 Å². The number of hydrazone groups is 1. The third-order valence-corrected chi connectivity index (χ3v) is 0.791. The van der Waals surface area contributed by atoms with Gasteiger partial charge in [0.1, 0.15) is 5.71 Å². The summed E-state index contributed by atoms with van der Waals surface area (Å²) in [4.78, 5) is 10.1. The Balaban J connectivity index is 4.12. The first kappa shape index (κ1) is 9.93. The molecule has 1 N–H and O–H groups in total. The van der Waals surface area contributed by atoms with Crippen LogP contribution in [0, 0.1) is 0 Å². The smallest absolute Gasteiger partial charge is 0.274 e. The Labute approximate surface area is 61.3 Å². The average molecular weight is 168 g/mol. The Morgan fingerprint density at radius 3 is 2.09 bits per heavy atom. The van der Waals surface area contributed by atoms with Crippen molar-refractivity contribution in [2.75, 3.05) is 0 Å². The minimum Gasteiger partial charge on any atom is -0.274 e. The zero-order chi connectivity index (χ0) is 9.07. The molecule has 0 radical (unpaired) electrons. The van der Waals surface area contributed by atoms with Crippen LogP contribution in [-0.4, -0.2) is 17.8 Å². The molecule has 1 amide bonds. The summed E-state index contributed by atoms with van der Waals surface area (Å²) in [6.07, 6.45) is -4.47. The maximum Gasteiger partial charge on any atom is 0.430 e. The van der Waals surface area contributed by atoms with Gasteiger partial charge in [-0.15, -0.1) is 0 Å². The predicted octanol–water partition coefficient (Wildman–Crippen LogP) is 1.06. The summed E-state index contributed by atoms with van der Waals surface area (Å²) in [5.41, 5.74) is 0.605. The fraction of sp³-hybridized carbons (Fsp3) is 0.600. The minimum absolute atomic E-state index is 0.631. The number of carbonyl (C=O) groups is 1. The van der Waals surface area contributed by atoms with E-state index in [1.165, 1.54) is 0 Å². The van der Waals surface area contributed by atoms with E-state index in [-0.39, 0.29) is 0 Å². The zero-order valence-electron chi connectivity index (χ0n) is 5.99. The quantitative estimate of drug-likeness (QED) is 0.461. The van der Waals surface area contributed by atoms with Gasteiger partial charge in [-0.3, -0.25) is 4.79 Å². The lowest BCUT2D eigenvalue weighted by molar-refractivity contribution is -0.119. The van der Waals surface area contributed by atoms with Crippen molar-refractivity contribution in [3.8, 4) is 0 Å². The molecule has 0 aliphatic rings. The molecule has 11 heavy (non-hydrogen) atoms. The lowest BCUT2D eigenvalue weighted by Crippen LogP contribution is -2.24. The Morgan fingerprint density at radius 2 is 1.82 bits per heavy atom. The largest absolute Gasteiger partial charge is 0.430 e. The first-order chi connectivity index (χ1) is 4.84. The van der Waals surface area contributed by atoms with Crippen molar-refractivity contribution in [2.45, 2.75) is 20.0 Å². The van der Waals surface area contributed by atoms with Gasteiger partial charge in [0, 0.05) is 6.92 Å². The van der Waals surface area contributed by atoms with Crippen LogP contribution in [0.5, 0.6) is 0 Å². The molecule has 0 aromatic rings. The Hall–Kier alpha value is -1.07. The van der Waals surface area contributed by atoms with Crippen LogP contribution in [-0.2, 0) is 4.79 Å². The lowest BCUT2D eigenvalue weighted by Gasteiger charge is -2.03. The summed E-state index contributed by atoms with van der Waals surface area (Å²) < 4.78 is 34.9. The first-order valence-corrected chi connectivity index (χ1v) is 2.72. The molecule has 6 heteroatoms. The summed E-state index contributed by atoms with van der Waals surface area (Å²) in [5.74, 6) is -0.631. The van der Waals surface area contributed by atoms with E-state index in [1.54, 1.807) is 5.43 Å². The first-order valence-electron chi connectivity index (χ1n) is 2.72. The highest BCUT2D eigenvalue weighted by Gasteiger charge is 2.32. The van der Waals surface area contributed by atoms with Gasteiger partial charge in [-0.2, -0.15) is 18.3 Å². The second-order valence-electron chi connectivity index (χ2n) is 1.86. The number of hydrogen-bond acceptors (Lipinski definition) is 2. The highest BCUT2D eigenvalue weighted by atomic mass is 19.4. The van der Waals surface area contributed by atoms with Crippen molar-refractivity contribution in [2.24, 2.45) is 5.10 Å². The molecule has 0 saturated carbocycles. The molecule has 0 spiro atoms. The molecule has 0 heterocycles. The van der Waals surface area contributed by atoms with Crippen LogP contribution in [0.4, 0.5) is 13.2 Å².